The molecule has 1 aromatic heterocycles. The predicted octanol–water partition coefficient (Wildman–Crippen LogP) is 4.07. The quantitative estimate of drug-likeness (QED) is 0.332. The minimum Gasteiger partial charge on any atom is -0.330 e. The summed E-state index contributed by atoms with van der Waals surface area (Å²) in [6, 6.07) is 10.8. The highest BCUT2D eigenvalue weighted by Gasteiger charge is 2.47. The van der Waals surface area contributed by atoms with Crippen molar-refractivity contribution in [3.63, 3.8) is 0 Å². The molecule has 38 heavy (non-hydrogen) atoms. The maximum absolute atomic E-state index is 12.9. The maximum Gasteiger partial charge on any atom is 0.264 e. The van der Waals surface area contributed by atoms with Gasteiger partial charge in [-0.2, -0.15) is 10.8 Å². The molecular weight excluding hydrogens is 478 g/mol. The number of fused-ring (bicyclic) bond motifs is 1. The van der Waals surface area contributed by atoms with E-state index in [9.17, 15) is 9.59 Å². The van der Waals surface area contributed by atoms with Crippen molar-refractivity contribution in [2.24, 2.45) is 15.8 Å². The van der Waals surface area contributed by atoms with Crippen molar-refractivity contribution >= 4 is 29.7 Å². The highest BCUT2D eigenvalue weighted by Crippen LogP contribution is 2.36. The molecule has 2 unspecified atom stereocenters. The van der Waals surface area contributed by atoms with E-state index in [2.05, 4.69) is 28.8 Å². The smallest absolute Gasteiger partial charge is 0.264 e. The number of nitrogens with one attached hydrogen (secondary N) is 1. The van der Waals surface area contributed by atoms with E-state index in [0.29, 0.717) is 23.8 Å². The molecule has 1 fully saturated rings. The Morgan fingerprint density at radius 3 is 2.82 bits per heavy atom. The summed E-state index contributed by atoms with van der Waals surface area (Å²) in [5.74, 6) is 7.66. The molecule has 0 spiro atoms. The van der Waals surface area contributed by atoms with Crippen molar-refractivity contribution in [3.8, 4) is 0 Å². The number of piperidine rings is 1. The molecule has 9 nitrogen and oxygen atoms in total. The van der Waals surface area contributed by atoms with Crippen LogP contribution in [0.25, 0.3) is 0 Å². The lowest BCUT2D eigenvalue weighted by Crippen LogP contribution is -2.53. The van der Waals surface area contributed by atoms with Gasteiger partial charge >= 0.3 is 0 Å². The first-order valence-electron chi connectivity index (χ1n) is 13.0. The van der Waals surface area contributed by atoms with E-state index in [1.165, 1.54) is 6.08 Å². The van der Waals surface area contributed by atoms with Crippen molar-refractivity contribution in [1.29, 1.82) is 0 Å². The van der Waals surface area contributed by atoms with Crippen LogP contribution in [0.2, 0.25) is 0 Å². The minimum absolute atomic E-state index is 0.116. The van der Waals surface area contributed by atoms with Crippen LogP contribution in [0.3, 0.4) is 0 Å². The minimum atomic E-state index is -0.243. The van der Waals surface area contributed by atoms with E-state index in [4.69, 9.17) is 10.8 Å². The van der Waals surface area contributed by atoms with Gasteiger partial charge in [-0.05, 0) is 73.7 Å². The Kier molecular flexibility index (Phi) is 7.13. The monoisotopic (exact) mass is 510 g/mol. The molecule has 1 aromatic carbocycles. The van der Waals surface area contributed by atoms with Crippen molar-refractivity contribution < 1.29 is 14.2 Å². The first kappa shape index (κ1) is 25.4. The van der Waals surface area contributed by atoms with Gasteiger partial charge in [0.05, 0.1) is 24.0 Å². The summed E-state index contributed by atoms with van der Waals surface area (Å²) in [7, 11) is 0. The summed E-state index contributed by atoms with van der Waals surface area (Å²) >= 11 is 0. The number of amidine groups is 1. The highest BCUT2D eigenvalue weighted by atomic mass is 16.2. The lowest BCUT2D eigenvalue weighted by Gasteiger charge is -2.35. The van der Waals surface area contributed by atoms with Crippen LogP contribution in [0.15, 0.2) is 89.0 Å². The number of benzene rings is 1. The predicted molar refractivity (Wildman–Crippen MR) is 148 cm³/mol. The van der Waals surface area contributed by atoms with E-state index in [1.807, 2.05) is 29.2 Å². The molecule has 9 heteroatoms. The van der Waals surface area contributed by atoms with Crippen molar-refractivity contribution in [2.45, 2.75) is 45.1 Å². The third-order valence-corrected chi connectivity index (χ3v) is 7.11. The van der Waals surface area contributed by atoms with Crippen LogP contribution in [-0.4, -0.2) is 50.9 Å². The molecule has 2 amide bonds. The van der Waals surface area contributed by atoms with Crippen LogP contribution in [0.5, 0.6) is 0 Å². The zero-order valence-electron chi connectivity index (χ0n) is 21.5. The normalized spacial score (nSPS) is 22.2. The molecule has 2 aromatic rings. The van der Waals surface area contributed by atoms with Crippen molar-refractivity contribution in [3.05, 3.63) is 95.7 Å². The lowest BCUT2D eigenvalue weighted by molar-refractivity contribution is -0.750. The number of allylic oxidation sites excluding steroid dienone is 1. The molecule has 3 N–H and O–H groups in total. The molecule has 4 heterocycles. The summed E-state index contributed by atoms with van der Waals surface area (Å²) in [5, 5.41) is 2.88. The number of likely N-dealkylation sites (tertiary alicyclic amines) is 1. The third-order valence-electron chi connectivity index (χ3n) is 7.11. The Labute approximate surface area is 222 Å². The van der Waals surface area contributed by atoms with Crippen LogP contribution in [0.4, 0.5) is 5.82 Å². The van der Waals surface area contributed by atoms with Crippen LogP contribution in [-0.2, 0) is 11.2 Å². The van der Waals surface area contributed by atoms with E-state index in [0.717, 1.165) is 54.6 Å². The second kappa shape index (κ2) is 10.6. The fourth-order valence-corrected chi connectivity index (χ4v) is 5.19. The number of aromatic nitrogens is 1. The van der Waals surface area contributed by atoms with Gasteiger partial charge < -0.3 is 10.2 Å². The number of rotatable bonds is 7. The van der Waals surface area contributed by atoms with Gasteiger partial charge in [0.25, 0.3) is 11.7 Å². The summed E-state index contributed by atoms with van der Waals surface area (Å²) in [6.07, 6.45) is 12.9. The largest absolute Gasteiger partial charge is 0.330 e. The van der Waals surface area contributed by atoms with Gasteiger partial charge in [-0.25, -0.2) is 4.98 Å². The molecule has 3 aliphatic heterocycles. The number of pyridine rings is 1. The third kappa shape index (κ3) is 4.73. The first-order chi connectivity index (χ1) is 18.4. The highest BCUT2D eigenvalue weighted by molar-refractivity contribution is 6.05. The van der Waals surface area contributed by atoms with Crippen LogP contribution >= 0.6 is 0 Å². The number of nitrogens with zero attached hydrogens (tertiary/aromatic N) is 5. The van der Waals surface area contributed by atoms with Gasteiger partial charge in [0.2, 0.25) is 11.6 Å². The van der Waals surface area contributed by atoms with Crippen molar-refractivity contribution in [2.75, 3.05) is 11.9 Å². The van der Waals surface area contributed by atoms with E-state index in [1.54, 1.807) is 36.9 Å². The van der Waals surface area contributed by atoms with Gasteiger partial charge in [0.15, 0.2) is 0 Å². The Balaban J connectivity index is 1.42. The molecule has 5 rings (SSSR count). The molecule has 2 atom stereocenters. The van der Waals surface area contributed by atoms with Crippen molar-refractivity contribution in [1.82, 2.24) is 9.88 Å². The Morgan fingerprint density at radius 1 is 1.24 bits per heavy atom. The Hall–Kier alpha value is -4.21. The topological polar surface area (TPSA) is 113 Å². The number of carbonyl (C=O) groups excluding carboxylic acids is 2. The first-order valence-corrected chi connectivity index (χ1v) is 13.0. The Bertz CT molecular complexity index is 1390. The molecule has 0 radical (unpaired) electrons. The fourth-order valence-electron chi connectivity index (χ4n) is 5.19. The summed E-state index contributed by atoms with van der Waals surface area (Å²) < 4.78 is -0.148. The lowest BCUT2D eigenvalue weighted by atomic mass is 9.98. The molecule has 1 saturated heterocycles. The van der Waals surface area contributed by atoms with Crippen LogP contribution in [0, 0.1) is 0 Å². The average Bonchev–Trinajstić information content (AvgIpc) is 3.26. The number of anilines is 1. The zero-order valence-corrected chi connectivity index (χ0v) is 21.5. The average molecular weight is 511 g/mol. The van der Waals surface area contributed by atoms with E-state index in [-0.39, 0.29) is 22.4 Å². The number of hydrogen-bond donors (Lipinski definition) is 2. The second-order valence-electron chi connectivity index (χ2n) is 9.64. The van der Waals surface area contributed by atoms with Crippen LogP contribution < -0.4 is 11.2 Å². The number of nitrogens with two attached hydrogens (primary N) is 1. The maximum atomic E-state index is 12.9. The number of hydrogen-bond acceptors (Lipinski definition) is 6. The van der Waals surface area contributed by atoms with E-state index < -0.39 is 0 Å². The van der Waals surface area contributed by atoms with Gasteiger partial charge in [0.1, 0.15) is 17.7 Å². The van der Waals surface area contributed by atoms with E-state index >= 15 is 0 Å². The fraction of sp³-hybridized carbons (Fsp3) is 0.276. The van der Waals surface area contributed by atoms with Gasteiger partial charge in [-0.3, -0.25) is 14.6 Å². The summed E-state index contributed by atoms with van der Waals surface area (Å²) in [5.41, 5.74) is 3.88. The number of aliphatic imine (C=N–C) groups is 2. The molecular formula is C29H32N7O2+. The second-order valence-corrected chi connectivity index (χ2v) is 9.64. The molecule has 3 aliphatic rings. The SMILES string of the molecule is C=CC(=O)N1CCCCC1C1=C2C=NC=C[N+]2(N)C(c2ccc(C(=O)Nc3cc(CCC)ccn3)cc2)=N1. The number of aryl methyl sites for hydroxylation is 1. The van der Waals surface area contributed by atoms with Crippen LogP contribution in [0.1, 0.15) is 54.1 Å². The molecule has 0 saturated carbocycles. The molecule has 194 valence electrons. The summed E-state index contributed by atoms with van der Waals surface area (Å²) in [4.78, 5) is 40.9. The van der Waals surface area contributed by atoms with Gasteiger partial charge in [-0.15, -0.1) is 4.59 Å². The molecule has 0 bridgehead atoms. The molecule has 0 aliphatic carbocycles. The Morgan fingerprint density at radius 2 is 2.05 bits per heavy atom. The zero-order chi connectivity index (χ0) is 26.7. The standard InChI is InChI=1S/C29H31N7O2/c1-3-7-20-13-14-32-25(18-20)33-29(38)22-11-9-21(10-12-22)28-34-27(24-19-31-15-17-36(24,28)30)23-8-5-6-16-35(23)26(37)4-2/h4,9-15,17-19,23H,2-3,5-8,16,30H2,1H3/p+1. The number of carbonyl (C=O) groups is 2. The number of amides is 2. The number of quaternary nitrogens is 1. The van der Waals surface area contributed by atoms with Gasteiger partial charge in [-0.1, -0.05) is 19.9 Å². The van der Waals surface area contributed by atoms with Gasteiger partial charge in [0, 0.05) is 18.3 Å². The summed E-state index contributed by atoms with van der Waals surface area (Å²) in [6.45, 7) is 6.43.